The SMILES string of the molecule is Cc1cc(NC2CCN(c3cc(C)nc4ccccc34)CC2)c2ccccc2n1. The number of piperidine rings is 1. The molecule has 2 aromatic carbocycles. The van der Waals surface area contributed by atoms with E-state index in [4.69, 9.17) is 4.98 Å². The molecule has 4 aromatic rings. The van der Waals surface area contributed by atoms with Crippen LogP contribution >= 0.6 is 0 Å². The number of nitrogens with zero attached hydrogens (tertiary/aromatic N) is 3. The van der Waals surface area contributed by atoms with E-state index in [0.29, 0.717) is 6.04 Å². The lowest BCUT2D eigenvalue weighted by atomic mass is 10.0. The van der Waals surface area contributed by atoms with E-state index in [1.807, 2.05) is 0 Å². The molecular formula is C25H26N4. The molecule has 0 bridgehead atoms. The average Bonchev–Trinajstić information content (AvgIpc) is 2.73. The van der Waals surface area contributed by atoms with Crippen LogP contribution in [-0.2, 0) is 0 Å². The Labute approximate surface area is 171 Å². The van der Waals surface area contributed by atoms with E-state index in [9.17, 15) is 0 Å². The number of nitrogens with one attached hydrogen (secondary N) is 1. The molecule has 0 aliphatic carbocycles. The molecule has 1 N–H and O–H groups in total. The van der Waals surface area contributed by atoms with Crippen LogP contribution in [0.15, 0.2) is 60.7 Å². The summed E-state index contributed by atoms with van der Waals surface area (Å²) in [6.07, 6.45) is 2.23. The van der Waals surface area contributed by atoms with Gasteiger partial charge < -0.3 is 10.2 Å². The third-order valence-electron chi connectivity index (χ3n) is 5.86. The zero-order valence-corrected chi connectivity index (χ0v) is 17.0. The Morgan fingerprint density at radius 1 is 0.793 bits per heavy atom. The van der Waals surface area contributed by atoms with Crippen LogP contribution in [-0.4, -0.2) is 29.1 Å². The Balaban J connectivity index is 1.36. The predicted octanol–water partition coefficient (Wildman–Crippen LogP) is 5.48. The Bertz CT molecular complexity index is 1180. The highest BCUT2D eigenvalue weighted by Gasteiger charge is 2.21. The summed E-state index contributed by atoms with van der Waals surface area (Å²) >= 11 is 0. The molecule has 5 rings (SSSR count). The standard InChI is InChI=1S/C25H26N4/c1-17-15-24(20-7-3-5-9-22(20)26-17)28-19-11-13-29(14-12-19)25-16-18(2)27-23-10-6-4-8-21(23)25/h3-10,15-16,19H,11-14H2,1-2H3,(H,26,28). The first-order valence-corrected chi connectivity index (χ1v) is 10.4. The molecule has 0 saturated carbocycles. The summed E-state index contributed by atoms with van der Waals surface area (Å²) in [6.45, 7) is 6.25. The number of rotatable bonds is 3. The lowest BCUT2D eigenvalue weighted by Crippen LogP contribution is -2.39. The fourth-order valence-corrected chi connectivity index (χ4v) is 4.46. The third-order valence-corrected chi connectivity index (χ3v) is 5.86. The summed E-state index contributed by atoms with van der Waals surface area (Å²) in [4.78, 5) is 11.9. The topological polar surface area (TPSA) is 41.0 Å². The van der Waals surface area contributed by atoms with Crippen LogP contribution in [0.25, 0.3) is 21.8 Å². The first kappa shape index (κ1) is 17.9. The van der Waals surface area contributed by atoms with Crippen molar-refractivity contribution in [2.24, 2.45) is 0 Å². The number of pyridine rings is 2. The fourth-order valence-electron chi connectivity index (χ4n) is 4.46. The highest BCUT2D eigenvalue weighted by Crippen LogP contribution is 2.30. The van der Waals surface area contributed by atoms with Crippen molar-refractivity contribution in [2.75, 3.05) is 23.3 Å². The minimum Gasteiger partial charge on any atom is -0.382 e. The number of para-hydroxylation sites is 2. The van der Waals surface area contributed by atoms with Crippen LogP contribution in [0.2, 0.25) is 0 Å². The maximum atomic E-state index is 4.69. The maximum Gasteiger partial charge on any atom is 0.0726 e. The van der Waals surface area contributed by atoms with Crippen LogP contribution < -0.4 is 10.2 Å². The summed E-state index contributed by atoms with van der Waals surface area (Å²) in [7, 11) is 0. The Hall–Kier alpha value is -3.14. The zero-order valence-electron chi connectivity index (χ0n) is 17.0. The van der Waals surface area contributed by atoms with Crippen molar-refractivity contribution in [1.82, 2.24) is 9.97 Å². The van der Waals surface area contributed by atoms with Crippen LogP contribution in [0, 0.1) is 13.8 Å². The average molecular weight is 383 g/mol. The summed E-state index contributed by atoms with van der Waals surface area (Å²) < 4.78 is 0. The fraction of sp³-hybridized carbons (Fsp3) is 0.280. The molecule has 2 aromatic heterocycles. The van der Waals surface area contributed by atoms with Crippen molar-refractivity contribution in [3.05, 3.63) is 72.1 Å². The van der Waals surface area contributed by atoms with Gasteiger partial charge in [0.15, 0.2) is 0 Å². The van der Waals surface area contributed by atoms with Gasteiger partial charge in [-0.2, -0.15) is 0 Å². The first-order chi connectivity index (χ1) is 14.2. The van der Waals surface area contributed by atoms with Crippen LogP contribution in [0.3, 0.4) is 0 Å². The lowest BCUT2D eigenvalue weighted by Gasteiger charge is -2.35. The largest absolute Gasteiger partial charge is 0.382 e. The molecule has 1 aliphatic heterocycles. The number of benzene rings is 2. The minimum atomic E-state index is 0.477. The maximum absolute atomic E-state index is 4.69. The Kier molecular flexibility index (Phi) is 4.55. The molecular weight excluding hydrogens is 356 g/mol. The van der Waals surface area contributed by atoms with Gasteiger partial charge in [0.05, 0.1) is 11.0 Å². The third kappa shape index (κ3) is 3.51. The van der Waals surface area contributed by atoms with Gasteiger partial charge >= 0.3 is 0 Å². The van der Waals surface area contributed by atoms with Gasteiger partial charge in [-0.05, 0) is 51.0 Å². The van der Waals surface area contributed by atoms with Gasteiger partial charge in [0.25, 0.3) is 0 Å². The number of anilines is 2. The van der Waals surface area contributed by atoms with Gasteiger partial charge in [-0.25, -0.2) is 0 Å². The molecule has 0 unspecified atom stereocenters. The first-order valence-electron chi connectivity index (χ1n) is 10.4. The van der Waals surface area contributed by atoms with Crippen molar-refractivity contribution in [3.8, 4) is 0 Å². The number of fused-ring (bicyclic) bond motifs is 2. The quantitative estimate of drug-likeness (QED) is 0.509. The molecule has 4 nitrogen and oxygen atoms in total. The molecule has 3 heterocycles. The molecule has 0 radical (unpaired) electrons. The molecule has 1 fully saturated rings. The number of aromatic nitrogens is 2. The minimum absolute atomic E-state index is 0.477. The second kappa shape index (κ2) is 7.36. The van der Waals surface area contributed by atoms with Crippen molar-refractivity contribution >= 4 is 33.2 Å². The van der Waals surface area contributed by atoms with Crippen molar-refractivity contribution in [1.29, 1.82) is 0 Å². The van der Waals surface area contributed by atoms with Gasteiger partial charge in [0, 0.05) is 52.7 Å². The molecule has 0 spiro atoms. The van der Waals surface area contributed by atoms with Gasteiger partial charge in [0.2, 0.25) is 0 Å². The zero-order chi connectivity index (χ0) is 19.8. The molecule has 0 atom stereocenters. The number of hydrogen-bond acceptors (Lipinski definition) is 4. The smallest absolute Gasteiger partial charge is 0.0726 e. The van der Waals surface area contributed by atoms with E-state index in [1.54, 1.807) is 0 Å². The number of aryl methyl sites for hydroxylation is 2. The highest BCUT2D eigenvalue weighted by molar-refractivity contribution is 5.92. The molecule has 4 heteroatoms. The molecule has 146 valence electrons. The van der Waals surface area contributed by atoms with E-state index in [1.165, 1.54) is 22.1 Å². The second-order valence-electron chi connectivity index (χ2n) is 8.03. The number of hydrogen-bond donors (Lipinski definition) is 1. The Morgan fingerprint density at radius 2 is 1.38 bits per heavy atom. The van der Waals surface area contributed by atoms with Crippen molar-refractivity contribution in [3.63, 3.8) is 0 Å². The van der Waals surface area contributed by atoms with Crippen LogP contribution in [0.4, 0.5) is 11.4 Å². The van der Waals surface area contributed by atoms with Gasteiger partial charge in [-0.3, -0.25) is 9.97 Å². The summed E-state index contributed by atoms with van der Waals surface area (Å²) in [5, 5.41) is 6.26. The van der Waals surface area contributed by atoms with E-state index < -0.39 is 0 Å². The van der Waals surface area contributed by atoms with E-state index in [2.05, 4.69) is 89.7 Å². The predicted molar refractivity (Wildman–Crippen MR) is 122 cm³/mol. The monoisotopic (exact) mass is 382 g/mol. The lowest BCUT2D eigenvalue weighted by molar-refractivity contribution is 0.528. The van der Waals surface area contributed by atoms with Crippen molar-refractivity contribution in [2.45, 2.75) is 32.7 Å². The normalized spacial score (nSPS) is 15.2. The van der Waals surface area contributed by atoms with Crippen LogP contribution in [0.5, 0.6) is 0 Å². The summed E-state index contributed by atoms with van der Waals surface area (Å²) in [5.74, 6) is 0. The summed E-state index contributed by atoms with van der Waals surface area (Å²) in [6, 6.07) is 21.7. The second-order valence-corrected chi connectivity index (χ2v) is 8.03. The van der Waals surface area contributed by atoms with Gasteiger partial charge in [-0.1, -0.05) is 36.4 Å². The van der Waals surface area contributed by atoms with E-state index in [-0.39, 0.29) is 0 Å². The Morgan fingerprint density at radius 3 is 2.10 bits per heavy atom. The van der Waals surface area contributed by atoms with E-state index >= 15 is 0 Å². The van der Waals surface area contributed by atoms with Crippen molar-refractivity contribution < 1.29 is 0 Å². The molecule has 1 aliphatic rings. The molecule has 0 amide bonds. The summed E-state index contributed by atoms with van der Waals surface area (Å²) in [5.41, 5.74) is 6.81. The van der Waals surface area contributed by atoms with E-state index in [0.717, 1.165) is 48.4 Å². The molecule has 29 heavy (non-hydrogen) atoms. The molecule has 1 saturated heterocycles. The van der Waals surface area contributed by atoms with Gasteiger partial charge in [0.1, 0.15) is 0 Å². The van der Waals surface area contributed by atoms with Gasteiger partial charge in [-0.15, -0.1) is 0 Å². The van der Waals surface area contributed by atoms with Crippen LogP contribution in [0.1, 0.15) is 24.2 Å². The highest BCUT2D eigenvalue weighted by atomic mass is 15.2.